The molecule has 1 aliphatic heterocycles. The Balaban J connectivity index is 1.65. The maximum absolute atomic E-state index is 12.2. The van der Waals surface area contributed by atoms with Crippen LogP contribution in [0.1, 0.15) is 5.56 Å². The standard InChI is InChI=1S/C16H15ClN2O3/c1-19(16(20)18-13-5-3-2-4-12(13)17)9-11-6-7-14-15(8-11)22-10-21-14/h2-8H,9-10H2,1H3,(H,18,20). The number of anilines is 1. The van der Waals surface area contributed by atoms with E-state index in [0.29, 0.717) is 23.0 Å². The van der Waals surface area contributed by atoms with E-state index in [2.05, 4.69) is 5.32 Å². The van der Waals surface area contributed by atoms with E-state index in [0.717, 1.165) is 11.3 Å². The Kier molecular flexibility index (Phi) is 4.06. The van der Waals surface area contributed by atoms with Gasteiger partial charge < -0.3 is 19.7 Å². The topological polar surface area (TPSA) is 50.8 Å². The number of hydrogen-bond donors (Lipinski definition) is 1. The second-order valence-electron chi connectivity index (χ2n) is 4.95. The lowest BCUT2D eigenvalue weighted by atomic mass is 10.2. The zero-order valence-corrected chi connectivity index (χ0v) is 12.8. The predicted molar refractivity (Wildman–Crippen MR) is 84.5 cm³/mol. The summed E-state index contributed by atoms with van der Waals surface area (Å²) in [6.45, 7) is 0.689. The number of halogens is 1. The molecule has 22 heavy (non-hydrogen) atoms. The zero-order valence-electron chi connectivity index (χ0n) is 12.0. The molecule has 1 aliphatic rings. The summed E-state index contributed by atoms with van der Waals surface area (Å²) in [5.74, 6) is 1.43. The van der Waals surface area contributed by atoms with E-state index < -0.39 is 0 Å². The SMILES string of the molecule is CN(Cc1ccc2c(c1)OCO2)C(=O)Nc1ccccc1Cl. The van der Waals surface area contributed by atoms with Crippen molar-refractivity contribution in [2.75, 3.05) is 19.2 Å². The molecule has 2 aromatic carbocycles. The van der Waals surface area contributed by atoms with Gasteiger partial charge in [-0.25, -0.2) is 4.79 Å². The van der Waals surface area contributed by atoms with Crippen LogP contribution in [0.2, 0.25) is 5.02 Å². The fraction of sp³-hybridized carbons (Fsp3) is 0.188. The Morgan fingerprint density at radius 1 is 1.23 bits per heavy atom. The molecular weight excluding hydrogens is 304 g/mol. The van der Waals surface area contributed by atoms with Crippen LogP contribution in [0.5, 0.6) is 11.5 Å². The van der Waals surface area contributed by atoms with Crippen molar-refractivity contribution >= 4 is 23.3 Å². The second-order valence-corrected chi connectivity index (χ2v) is 5.36. The average Bonchev–Trinajstić information content (AvgIpc) is 2.97. The molecule has 0 spiro atoms. The van der Waals surface area contributed by atoms with Crippen LogP contribution in [-0.2, 0) is 6.54 Å². The average molecular weight is 319 g/mol. The highest BCUT2D eigenvalue weighted by Crippen LogP contribution is 2.32. The highest BCUT2D eigenvalue weighted by atomic mass is 35.5. The summed E-state index contributed by atoms with van der Waals surface area (Å²) in [5, 5.41) is 3.29. The van der Waals surface area contributed by atoms with E-state index in [1.165, 1.54) is 0 Å². The van der Waals surface area contributed by atoms with Crippen molar-refractivity contribution in [3.05, 3.63) is 53.1 Å². The monoisotopic (exact) mass is 318 g/mol. The highest BCUT2D eigenvalue weighted by molar-refractivity contribution is 6.33. The molecule has 0 fully saturated rings. The number of nitrogens with zero attached hydrogens (tertiary/aromatic N) is 1. The molecule has 0 aromatic heterocycles. The molecule has 3 rings (SSSR count). The molecule has 2 aromatic rings. The lowest BCUT2D eigenvalue weighted by Gasteiger charge is -2.18. The molecule has 2 amide bonds. The molecule has 0 saturated carbocycles. The number of hydrogen-bond acceptors (Lipinski definition) is 3. The molecule has 0 radical (unpaired) electrons. The molecule has 114 valence electrons. The number of fused-ring (bicyclic) bond motifs is 1. The van der Waals surface area contributed by atoms with Gasteiger partial charge in [-0.15, -0.1) is 0 Å². The van der Waals surface area contributed by atoms with Gasteiger partial charge in [-0.3, -0.25) is 0 Å². The summed E-state index contributed by atoms with van der Waals surface area (Å²) in [6.07, 6.45) is 0. The minimum Gasteiger partial charge on any atom is -0.454 e. The maximum Gasteiger partial charge on any atom is 0.321 e. The van der Waals surface area contributed by atoms with Gasteiger partial charge >= 0.3 is 6.03 Å². The van der Waals surface area contributed by atoms with Crippen LogP contribution in [0.4, 0.5) is 10.5 Å². The third kappa shape index (κ3) is 3.09. The third-order valence-corrected chi connectivity index (χ3v) is 3.65. The van der Waals surface area contributed by atoms with Gasteiger partial charge in [0.15, 0.2) is 11.5 Å². The van der Waals surface area contributed by atoms with Crippen LogP contribution in [0.15, 0.2) is 42.5 Å². The fourth-order valence-corrected chi connectivity index (χ4v) is 2.34. The molecule has 6 heteroatoms. The van der Waals surface area contributed by atoms with Crippen molar-refractivity contribution < 1.29 is 14.3 Å². The number of carbonyl (C=O) groups excluding carboxylic acids is 1. The largest absolute Gasteiger partial charge is 0.454 e. The lowest BCUT2D eigenvalue weighted by molar-refractivity contribution is 0.174. The fourth-order valence-electron chi connectivity index (χ4n) is 2.16. The first kappa shape index (κ1) is 14.5. The first-order valence-electron chi connectivity index (χ1n) is 6.78. The number of urea groups is 1. The van der Waals surface area contributed by atoms with E-state index in [1.807, 2.05) is 30.3 Å². The highest BCUT2D eigenvalue weighted by Gasteiger charge is 2.15. The summed E-state index contributed by atoms with van der Waals surface area (Å²) >= 11 is 6.03. The normalized spacial score (nSPS) is 12.1. The lowest BCUT2D eigenvalue weighted by Crippen LogP contribution is -2.30. The van der Waals surface area contributed by atoms with Gasteiger partial charge in [0, 0.05) is 13.6 Å². The Hall–Kier alpha value is -2.40. The number of carbonyl (C=O) groups is 1. The Bertz CT molecular complexity index is 706. The molecule has 0 unspecified atom stereocenters. The summed E-state index contributed by atoms with van der Waals surface area (Å²) < 4.78 is 10.6. The summed E-state index contributed by atoms with van der Waals surface area (Å²) in [5.41, 5.74) is 1.55. The number of para-hydroxylation sites is 1. The van der Waals surface area contributed by atoms with Gasteiger partial charge in [-0.1, -0.05) is 29.8 Å². The Labute approximate surface area is 133 Å². The van der Waals surface area contributed by atoms with Crippen molar-refractivity contribution in [2.45, 2.75) is 6.54 Å². The number of ether oxygens (including phenoxy) is 2. The Morgan fingerprint density at radius 2 is 2.00 bits per heavy atom. The summed E-state index contributed by atoms with van der Waals surface area (Å²) in [6, 6.07) is 12.5. The van der Waals surface area contributed by atoms with Gasteiger partial charge in [-0.2, -0.15) is 0 Å². The molecule has 0 bridgehead atoms. The van der Waals surface area contributed by atoms with Crippen LogP contribution in [0, 0.1) is 0 Å². The third-order valence-electron chi connectivity index (χ3n) is 3.32. The number of benzene rings is 2. The van der Waals surface area contributed by atoms with Crippen LogP contribution in [0.25, 0.3) is 0 Å². The molecule has 0 saturated heterocycles. The van der Waals surface area contributed by atoms with E-state index in [1.54, 1.807) is 24.1 Å². The van der Waals surface area contributed by atoms with E-state index in [9.17, 15) is 4.79 Å². The van der Waals surface area contributed by atoms with Crippen molar-refractivity contribution in [2.24, 2.45) is 0 Å². The maximum atomic E-state index is 12.2. The minimum atomic E-state index is -0.231. The second kappa shape index (κ2) is 6.15. The quantitative estimate of drug-likeness (QED) is 0.938. The number of rotatable bonds is 3. The van der Waals surface area contributed by atoms with Gasteiger partial charge in [0.05, 0.1) is 10.7 Å². The van der Waals surface area contributed by atoms with Gasteiger partial charge in [0.1, 0.15) is 0 Å². The zero-order chi connectivity index (χ0) is 15.5. The van der Waals surface area contributed by atoms with E-state index >= 15 is 0 Å². The van der Waals surface area contributed by atoms with Crippen LogP contribution in [-0.4, -0.2) is 24.8 Å². The first-order chi connectivity index (χ1) is 10.6. The molecule has 1 N–H and O–H groups in total. The van der Waals surface area contributed by atoms with E-state index in [-0.39, 0.29) is 12.8 Å². The van der Waals surface area contributed by atoms with Gasteiger partial charge in [0.25, 0.3) is 0 Å². The van der Waals surface area contributed by atoms with Gasteiger partial charge in [-0.05, 0) is 29.8 Å². The molecule has 0 aliphatic carbocycles. The Morgan fingerprint density at radius 3 is 2.82 bits per heavy atom. The summed E-state index contributed by atoms with van der Waals surface area (Å²) in [4.78, 5) is 13.8. The van der Waals surface area contributed by atoms with Crippen molar-refractivity contribution in [1.82, 2.24) is 4.90 Å². The van der Waals surface area contributed by atoms with E-state index in [4.69, 9.17) is 21.1 Å². The minimum absolute atomic E-state index is 0.231. The van der Waals surface area contributed by atoms with Crippen molar-refractivity contribution in [3.63, 3.8) is 0 Å². The first-order valence-corrected chi connectivity index (χ1v) is 7.16. The van der Waals surface area contributed by atoms with Crippen LogP contribution in [0.3, 0.4) is 0 Å². The number of amides is 2. The smallest absolute Gasteiger partial charge is 0.321 e. The molecule has 1 heterocycles. The molecule has 0 atom stereocenters. The molecular formula is C16H15ClN2O3. The van der Waals surface area contributed by atoms with Crippen molar-refractivity contribution in [1.29, 1.82) is 0 Å². The predicted octanol–water partition coefficient (Wildman–Crippen LogP) is 3.73. The summed E-state index contributed by atoms with van der Waals surface area (Å²) in [7, 11) is 1.72. The number of nitrogens with one attached hydrogen (secondary N) is 1. The van der Waals surface area contributed by atoms with Crippen LogP contribution < -0.4 is 14.8 Å². The molecule has 5 nitrogen and oxygen atoms in total. The van der Waals surface area contributed by atoms with Gasteiger partial charge in [0.2, 0.25) is 6.79 Å². The van der Waals surface area contributed by atoms with Crippen molar-refractivity contribution in [3.8, 4) is 11.5 Å². The van der Waals surface area contributed by atoms with Crippen LogP contribution >= 0.6 is 11.6 Å².